The number of carbonyl (C=O) groups is 2. The fraction of sp³-hybridized carbons (Fsp3) is 0.391. The van der Waals surface area contributed by atoms with E-state index in [4.69, 9.17) is 32.7 Å². The number of rotatable bonds is 10. The smallest absolute Gasteiger partial charge is 0.242 e. The van der Waals surface area contributed by atoms with Crippen LogP contribution in [-0.2, 0) is 22.6 Å². The minimum atomic E-state index is -0.602. The van der Waals surface area contributed by atoms with Gasteiger partial charge in [0, 0.05) is 30.1 Å². The lowest BCUT2D eigenvalue weighted by molar-refractivity contribution is -0.141. The first kappa shape index (κ1) is 24.8. The van der Waals surface area contributed by atoms with Crippen LogP contribution in [0.2, 0.25) is 10.0 Å². The van der Waals surface area contributed by atoms with Crippen molar-refractivity contribution in [2.75, 3.05) is 21.3 Å². The fourth-order valence-corrected chi connectivity index (χ4v) is 3.82. The Hall–Kier alpha value is -2.44. The molecule has 0 unspecified atom stereocenters. The molecule has 0 aromatic heterocycles. The number of methoxy groups -OCH3 is 2. The van der Waals surface area contributed by atoms with Crippen molar-refractivity contribution in [2.24, 2.45) is 0 Å². The van der Waals surface area contributed by atoms with Gasteiger partial charge >= 0.3 is 0 Å². The normalized spacial score (nSPS) is 11.5. The minimum absolute atomic E-state index is 0.142. The minimum Gasteiger partial charge on any atom is -0.493 e. The molecule has 0 fully saturated rings. The number of hydrogen-bond donors (Lipinski definition) is 1. The van der Waals surface area contributed by atoms with Gasteiger partial charge < -0.3 is 19.7 Å². The molecule has 0 saturated carbocycles. The maximum atomic E-state index is 13.2. The molecule has 31 heavy (non-hydrogen) atoms. The number of benzene rings is 2. The second kappa shape index (κ2) is 11.8. The number of likely N-dealkylation sites (N-methyl/N-ethyl adjacent to an activating group) is 1. The molecule has 1 atom stereocenters. The van der Waals surface area contributed by atoms with E-state index in [0.717, 1.165) is 11.1 Å². The van der Waals surface area contributed by atoms with Crippen molar-refractivity contribution >= 4 is 35.0 Å². The van der Waals surface area contributed by atoms with Crippen molar-refractivity contribution in [1.82, 2.24) is 10.2 Å². The third kappa shape index (κ3) is 6.52. The Morgan fingerprint density at radius 2 is 1.77 bits per heavy atom. The maximum Gasteiger partial charge on any atom is 0.242 e. The molecule has 1 N–H and O–H groups in total. The summed E-state index contributed by atoms with van der Waals surface area (Å²) in [6, 6.07) is 10.1. The van der Waals surface area contributed by atoms with Gasteiger partial charge in [0.15, 0.2) is 11.5 Å². The fourth-order valence-electron chi connectivity index (χ4n) is 3.35. The van der Waals surface area contributed by atoms with Crippen LogP contribution in [0.5, 0.6) is 11.5 Å². The van der Waals surface area contributed by atoms with Gasteiger partial charge in [-0.25, -0.2) is 0 Å². The standard InChI is InChI=1S/C23H28Cl2N2O4/c1-5-19(23(29)26-2)27(14-16-8-9-17(24)13-18(16)25)22(28)11-7-15-6-10-20(30-3)21(12-15)31-4/h6,8-10,12-13,19H,5,7,11,14H2,1-4H3,(H,26,29)/t19-/m1/s1. The number of halogens is 2. The molecule has 8 heteroatoms. The lowest BCUT2D eigenvalue weighted by Gasteiger charge is -2.30. The predicted octanol–water partition coefficient (Wildman–Crippen LogP) is 4.50. The second-order valence-corrected chi connectivity index (χ2v) is 7.83. The van der Waals surface area contributed by atoms with Crippen molar-refractivity contribution < 1.29 is 19.1 Å². The van der Waals surface area contributed by atoms with E-state index in [-0.39, 0.29) is 24.8 Å². The van der Waals surface area contributed by atoms with Crippen LogP contribution in [0.1, 0.15) is 30.9 Å². The highest BCUT2D eigenvalue weighted by molar-refractivity contribution is 6.35. The van der Waals surface area contributed by atoms with E-state index in [9.17, 15) is 9.59 Å². The Morgan fingerprint density at radius 3 is 2.35 bits per heavy atom. The SMILES string of the molecule is CC[C@H](C(=O)NC)N(Cc1ccc(Cl)cc1Cl)C(=O)CCc1ccc(OC)c(OC)c1. The van der Waals surface area contributed by atoms with E-state index in [1.165, 1.54) is 0 Å². The molecule has 0 spiro atoms. The summed E-state index contributed by atoms with van der Waals surface area (Å²) in [7, 11) is 4.70. The molecule has 0 aliphatic heterocycles. The van der Waals surface area contributed by atoms with Crippen LogP contribution in [0.4, 0.5) is 0 Å². The summed E-state index contributed by atoms with van der Waals surface area (Å²) in [5.41, 5.74) is 1.66. The Labute approximate surface area is 193 Å². The van der Waals surface area contributed by atoms with E-state index in [1.54, 1.807) is 44.4 Å². The molecular formula is C23H28Cl2N2O4. The lowest BCUT2D eigenvalue weighted by Crippen LogP contribution is -2.48. The largest absolute Gasteiger partial charge is 0.493 e. The van der Waals surface area contributed by atoms with Gasteiger partial charge in [-0.2, -0.15) is 0 Å². The first-order valence-corrected chi connectivity index (χ1v) is 10.8. The molecule has 0 saturated heterocycles. The van der Waals surface area contributed by atoms with E-state index >= 15 is 0 Å². The highest BCUT2D eigenvalue weighted by atomic mass is 35.5. The van der Waals surface area contributed by atoms with Crippen molar-refractivity contribution in [2.45, 2.75) is 38.8 Å². The Morgan fingerprint density at radius 1 is 1.06 bits per heavy atom. The van der Waals surface area contributed by atoms with E-state index in [2.05, 4.69) is 5.32 Å². The second-order valence-electron chi connectivity index (χ2n) is 6.99. The van der Waals surface area contributed by atoms with Gasteiger partial charge in [-0.1, -0.05) is 42.3 Å². The highest BCUT2D eigenvalue weighted by Gasteiger charge is 2.28. The summed E-state index contributed by atoms with van der Waals surface area (Å²) in [6.45, 7) is 2.09. The monoisotopic (exact) mass is 466 g/mol. The summed E-state index contributed by atoms with van der Waals surface area (Å²) < 4.78 is 10.6. The molecular weight excluding hydrogens is 439 g/mol. The van der Waals surface area contributed by atoms with E-state index in [0.29, 0.717) is 34.4 Å². The lowest BCUT2D eigenvalue weighted by atomic mass is 10.1. The zero-order valence-corrected chi connectivity index (χ0v) is 19.7. The van der Waals surface area contributed by atoms with E-state index < -0.39 is 6.04 Å². The summed E-state index contributed by atoms with van der Waals surface area (Å²) in [6.07, 6.45) is 1.20. The van der Waals surface area contributed by atoms with Crippen molar-refractivity contribution in [3.8, 4) is 11.5 Å². The number of carbonyl (C=O) groups excluding carboxylic acids is 2. The average molecular weight is 467 g/mol. The van der Waals surface area contributed by atoms with Gasteiger partial charge in [0.25, 0.3) is 0 Å². The molecule has 0 aliphatic rings. The number of hydrogen-bond acceptors (Lipinski definition) is 4. The van der Waals surface area contributed by atoms with Gasteiger partial charge in [0.05, 0.1) is 14.2 Å². The summed E-state index contributed by atoms with van der Waals surface area (Å²) in [4.78, 5) is 27.3. The molecule has 2 amide bonds. The van der Waals surface area contributed by atoms with Crippen LogP contribution in [0.3, 0.4) is 0 Å². The molecule has 2 aromatic carbocycles. The van der Waals surface area contributed by atoms with Gasteiger partial charge in [-0.3, -0.25) is 9.59 Å². The number of nitrogens with one attached hydrogen (secondary N) is 1. The first-order chi connectivity index (χ1) is 14.8. The predicted molar refractivity (Wildman–Crippen MR) is 123 cm³/mol. The number of nitrogens with zero attached hydrogens (tertiary/aromatic N) is 1. The quantitative estimate of drug-likeness (QED) is 0.559. The van der Waals surface area contributed by atoms with Crippen LogP contribution in [0.25, 0.3) is 0 Å². The molecule has 6 nitrogen and oxygen atoms in total. The van der Waals surface area contributed by atoms with E-state index in [1.807, 2.05) is 25.1 Å². The van der Waals surface area contributed by atoms with Crippen LogP contribution < -0.4 is 14.8 Å². The number of aryl methyl sites for hydroxylation is 1. The maximum absolute atomic E-state index is 13.2. The first-order valence-electron chi connectivity index (χ1n) is 10.00. The molecule has 0 aliphatic carbocycles. The molecule has 168 valence electrons. The zero-order chi connectivity index (χ0) is 23.0. The molecule has 0 radical (unpaired) electrons. The van der Waals surface area contributed by atoms with Gasteiger partial charge in [0.1, 0.15) is 6.04 Å². The van der Waals surface area contributed by atoms with Crippen molar-refractivity contribution in [3.05, 3.63) is 57.6 Å². The van der Waals surface area contributed by atoms with Gasteiger partial charge in [-0.05, 0) is 48.2 Å². The Balaban J connectivity index is 2.24. The van der Waals surface area contributed by atoms with Crippen LogP contribution >= 0.6 is 23.2 Å². The third-order valence-corrected chi connectivity index (χ3v) is 5.65. The van der Waals surface area contributed by atoms with Crippen LogP contribution in [0, 0.1) is 0 Å². The topological polar surface area (TPSA) is 67.9 Å². The average Bonchev–Trinajstić information content (AvgIpc) is 2.78. The van der Waals surface area contributed by atoms with Crippen LogP contribution in [-0.4, -0.2) is 44.0 Å². The summed E-state index contributed by atoms with van der Waals surface area (Å²) in [5, 5.41) is 3.61. The van der Waals surface area contributed by atoms with Crippen molar-refractivity contribution in [3.63, 3.8) is 0 Å². The Bertz CT molecular complexity index is 920. The van der Waals surface area contributed by atoms with Gasteiger partial charge in [0.2, 0.25) is 11.8 Å². The molecule has 2 rings (SSSR count). The number of amides is 2. The van der Waals surface area contributed by atoms with Crippen molar-refractivity contribution in [1.29, 1.82) is 0 Å². The summed E-state index contributed by atoms with van der Waals surface area (Å²) in [5.74, 6) is 0.875. The highest BCUT2D eigenvalue weighted by Crippen LogP contribution is 2.28. The van der Waals surface area contributed by atoms with Crippen LogP contribution in [0.15, 0.2) is 36.4 Å². The molecule has 0 heterocycles. The third-order valence-electron chi connectivity index (χ3n) is 5.06. The number of ether oxygens (including phenoxy) is 2. The molecule has 0 bridgehead atoms. The Kier molecular flexibility index (Phi) is 9.46. The molecule has 2 aromatic rings. The zero-order valence-electron chi connectivity index (χ0n) is 18.2. The summed E-state index contributed by atoms with van der Waals surface area (Å²) >= 11 is 12.3. The van der Waals surface area contributed by atoms with Gasteiger partial charge in [-0.15, -0.1) is 0 Å².